The second-order valence-corrected chi connectivity index (χ2v) is 6.92. The highest BCUT2D eigenvalue weighted by molar-refractivity contribution is 9.10. The number of halogens is 1. The molecule has 2 amide bonds. The lowest BCUT2D eigenvalue weighted by molar-refractivity contribution is -0.385. The molecule has 0 atom stereocenters. The van der Waals surface area contributed by atoms with Crippen molar-refractivity contribution in [1.29, 1.82) is 0 Å². The number of carbonyl (C=O) groups is 2. The summed E-state index contributed by atoms with van der Waals surface area (Å²) in [7, 11) is 1.41. The molecule has 1 fully saturated rings. The molecule has 2 aromatic carbocycles. The number of benzene rings is 2. The summed E-state index contributed by atoms with van der Waals surface area (Å²) < 4.78 is 5.79. The van der Waals surface area contributed by atoms with Gasteiger partial charge >= 0.3 is 0 Å². The Kier molecular flexibility index (Phi) is 5.52. The second-order valence-electron chi connectivity index (χ2n) is 5.62. The predicted octanol–water partition coefficient (Wildman–Crippen LogP) is 3.20. The topological polar surface area (TPSA) is 102 Å². The first kappa shape index (κ1) is 19.6. The summed E-state index contributed by atoms with van der Waals surface area (Å²) in [4.78, 5) is 37.2. The Morgan fingerprint density at radius 2 is 2.00 bits per heavy atom. The zero-order chi connectivity index (χ0) is 20.4. The normalized spacial score (nSPS) is 15.6. The molecule has 1 saturated heterocycles. The van der Waals surface area contributed by atoms with Crippen molar-refractivity contribution in [3.05, 3.63) is 68.2 Å². The molecule has 28 heavy (non-hydrogen) atoms. The molecule has 142 valence electrons. The number of amides is 2. The number of thiocarbonyl (C=S) groups is 1. The smallest absolute Gasteiger partial charge is 0.276 e. The Balaban J connectivity index is 2.11. The number of hydrogen-bond acceptors (Lipinski definition) is 6. The molecule has 0 radical (unpaired) electrons. The number of methoxy groups -OCH3 is 1. The molecular weight excluding hydrogens is 450 g/mol. The van der Waals surface area contributed by atoms with Crippen molar-refractivity contribution in [2.75, 3.05) is 12.0 Å². The van der Waals surface area contributed by atoms with E-state index in [1.807, 2.05) is 0 Å². The van der Waals surface area contributed by atoms with Crippen molar-refractivity contribution in [1.82, 2.24) is 5.32 Å². The van der Waals surface area contributed by atoms with Crippen LogP contribution < -0.4 is 15.0 Å². The van der Waals surface area contributed by atoms with Crippen molar-refractivity contribution in [3.63, 3.8) is 0 Å². The van der Waals surface area contributed by atoms with E-state index in [1.54, 1.807) is 24.3 Å². The van der Waals surface area contributed by atoms with E-state index in [9.17, 15) is 19.7 Å². The molecule has 2 aromatic rings. The highest BCUT2D eigenvalue weighted by Crippen LogP contribution is 2.29. The van der Waals surface area contributed by atoms with Crippen LogP contribution in [0.2, 0.25) is 0 Å². The zero-order valence-corrected chi connectivity index (χ0v) is 16.7. The molecule has 1 heterocycles. The van der Waals surface area contributed by atoms with Crippen molar-refractivity contribution < 1.29 is 19.2 Å². The van der Waals surface area contributed by atoms with Crippen molar-refractivity contribution in [2.45, 2.75) is 0 Å². The first-order valence-corrected chi connectivity index (χ1v) is 9.01. The van der Waals surface area contributed by atoms with Gasteiger partial charge in [-0.1, -0.05) is 22.0 Å². The van der Waals surface area contributed by atoms with Gasteiger partial charge in [0, 0.05) is 10.5 Å². The molecule has 3 rings (SSSR count). The van der Waals surface area contributed by atoms with Crippen molar-refractivity contribution in [3.8, 4) is 5.75 Å². The van der Waals surface area contributed by atoms with E-state index in [0.717, 1.165) is 11.0 Å². The largest absolute Gasteiger partial charge is 0.497 e. The third kappa shape index (κ3) is 3.78. The van der Waals surface area contributed by atoms with Crippen LogP contribution in [0.5, 0.6) is 5.75 Å². The number of nitrogens with zero attached hydrogens (tertiary/aromatic N) is 2. The molecule has 0 aliphatic carbocycles. The fraction of sp³-hybridized carbons (Fsp3) is 0.0556. The van der Waals surface area contributed by atoms with Gasteiger partial charge in [-0.05, 0) is 48.6 Å². The van der Waals surface area contributed by atoms with Gasteiger partial charge in [0.15, 0.2) is 5.11 Å². The lowest BCUT2D eigenvalue weighted by Gasteiger charge is -2.29. The molecule has 0 spiro atoms. The lowest BCUT2D eigenvalue weighted by atomic mass is 10.1. The summed E-state index contributed by atoms with van der Waals surface area (Å²) in [6.07, 6.45) is 1.16. The number of nitro groups is 1. The minimum absolute atomic E-state index is 0.0601. The van der Waals surface area contributed by atoms with Crippen molar-refractivity contribution in [2.24, 2.45) is 0 Å². The fourth-order valence-corrected chi connectivity index (χ4v) is 3.27. The van der Waals surface area contributed by atoms with E-state index in [2.05, 4.69) is 21.2 Å². The molecule has 8 nitrogen and oxygen atoms in total. The summed E-state index contributed by atoms with van der Waals surface area (Å²) in [6.45, 7) is 0. The third-order valence-electron chi connectivity index (χ3n) is 3.90. The molecule has 0 saturated carbocycles. The molecule has 0 aromatic heterocycles. The van der Waals surface area contributed by atoms with Gasteiger partial charge in [-0.25, -0.2) is 0 Å². The van der Waals surface area contributed by atoms with E-state index in [1.165, 1.54) is 25.3 Å². The van der Waals surface area contributed by atoms with Crippen LogP contribution in [0.25, 0.3) is 6.08 Å². The fourth-order valence-electron chi connectivity index (χ4n) is 2.60. The number of carbonyl (C=O) groups excluding carboxylic acids is 2. The van der Waals surface area contributed by atoms with Gasteiger partial charge in [0.1, 0.15) is 11.3 Å². The van der Waals surface area contributed by atoms with Crippen LogP contribution in [-0.2, 0) is 9.59 Å². The van der Waals surface area contributed by atoms with E-state index >= 15 is 0 Å². The van der Waals surface area contributed by atoms with Crippen LogP contribution in [0.1, 0.15) is 5.56 Å². The average Bonchev–Trinajstić information content (AvgIpc) is 2.64. The number of hydrogen-bond donors (Lipinski definition) is 1. The molecule has 1 N–H and O–H groups in total. The number of nitrogens with one attached hydrogen (secondary N) is 1. The molecule has 10 heteroatoms. The minimum Gasteiger partial charge on any atom is -0.497 e. The number of anilines is 1. The second kappa shape index (κ2) is 7.87. The van der Waals surface area contributed by atoms with E-state index in [4.69, 9.17) is 17.0 Å². The quantitative estimate of drug-likeness (QED) is 0.246. The summed E-state index contributed by atoms with van der Waals surface area (Å²) in [5, 5.41) is 13.7. The number of rotatable bonds is 4. The Bertz CT molecular complexity index is 1050. The van der Waals surface area contributed by atoms with Gasteiger partial charge in [-0.2, -0.15) is 0 Å². The number of ether oxygens (including phenoxy) is 1. The van der Waals surface area contributed by atoms with Crippen LogP contribution in [0.3, 0.4) is 0 Å². The highest BCUT2D eigenvalue weighted by atomic mass is 79.9. The maximum absolute atomic E-state index is 13.0. The summed E-state index contributed by atoms with van der Waals surface area (Å²) in [5.74, 6) is -1.08. The Labute approximate surface area is 173 Å². The Hall–Kier alpha value is -3.11. The van der Waals surface area contributed by atoms with E-state index in [-0.39, 0.29) is 21.9 Å². The summed E-state index contributed by atoms with van der Waals surface area (Å²) in [5.41, 5.74) is -0.0544. The van der Waals surface area contributed by atoms with Crippen LogP contribution in [0.4, 0.5) is 11.4 Å². The zero-order valence-electron chi connectivity index (χ0n) is 14.3. The first-order chi connectivity index (χ1) is 13.3. The summed E-state index contributed by atoms with van der Waals surface area (Å²) in [6, 6.07) is 10.8. The molecule has 1 aliphatic rings. The van der Waals surface area contributed by atoms with Crippen LogP contribution >= 0.6 is 28.1 Å². The first-order valence-electron chi connectivity index (χ1n) is 7.81. The van der Waals surface area contributed by atoms with Gasteiger partial charge in [0.05, 0.1) is 23.3 Å². The molecule has 0 bridgehead atoms. The standard InChI is InChI=1S/C18H12BrN3O5S/c1-27-13-5-6-15(22(25)26)10(7-13)8-14-16(23)20-18(28)21(17(14)24)12-4-2-3-11(19)9-12/h2-9H,1H3,(H,20,23,28). The third-order valence-corrected chi connectivity index (χ3v) is 4.68. The van der Waals surface area contributed by atoms with Crippen LogP contribution in [0.15, 0.2) is 52.5 Å². The Morgan fingerprint density at radius 3 is 2.64 bits per heavy atom. The van der Waals surface area contributed by atoms with Gasteiger partial charge in [-0.15, -0.1) is 0 Å². The van der Waals surface area contributed by atoms with Gasteiger partial charge < -0.3 is 4.74 Å². The lowest BCUT2D eigenvalue weighted by Crippen LogP contribution is -2.54. The molecule has 0 unspecified atom stereocenters. The minimum atomic E-state index is -0.738. The summed E-state index contributed by atoms with van der Waals surface area (Å²) >= 11 is 8.45. The van der Waals surface area contributed by atoms with Gasteiger partial charge in [0.25, 0.3) is 17.5 Å². The van der Waals surface area contributed by atoms with Crippen molar-refractivity contribution >= 4 is 62.5 Å². The molecule has 1 aliphatic heterocycles. The monoisotopic (exact) mass is 461 g/mol. The van der Waals surface area contributed by atoms with E-state index in [0.29, 0.717) is 15.9 Å². The maximum atomic E-state index is 13.0. The van der Waals surface area contributed by atoms with E-state index < -0.39 is 16.7 Å². The van der Waals surface area contributed by atoms with Crippen LogP contribution in [-0.4, -0.2) is 29.0 Å². The predicted molar refractivity (Wildman–Crippen MR) is 110 cm³/mol. The maximum Gasteiger partial charge on any atom is 0.276 e. The highest BCUT2D eigenvalue weighted by Gasteiger charge is 2.35. The SMILES string of the molecule is COc1ccc([N+](=O)[O-])c(C=C2C(=O)NC(=S)N(c3cccc(Br)c3)C2=O)c1. The molecular formula is C18H12BrN3O5S. The average molecular weight is 462 g/mol. The number of nitro benzene ring substituents is 1. The van der Waals surface area contributed by atoms with Gasteiger partial charge in [0.2, 0.25) is 0 Å². The Morgan fingerprint density at radius 1 is 1.25 bits per heavy atom. The van der Waals surface area contributed by atoms with Gasteiger partial charge in [-0.3, -0.25) is 29.9 Å². The van der Waals surface area contributed by atoms with Crippen LogP contribution in [0, 0.1) is 10.1 Å².